The van der Waals surface area contributed by atoms with Gasteiger partial charge in [0.25, 0.3) is 0 Å². The highest BCUT2D eigenvalue weighted by atomic mass is 32.2. The highest BCUT2D eigenvalue weighted by molar-refractivity contribution is 7.89. The van der Waals surface area contributed by atoms with Crippen LogP contribution in [0.4, 0.5) is 13.2 Å². The topological polar surface area (TPSA) is 101 Å². The maximum Gasteiger partial charge on any atom is 0.393 e. The molecule has 2 atom stereocenters. The molecule has 2 saturated carbocycles. The lowest BCUT2D eigenvalue weighted by atomic mass is 9.78. The fourth-order valence-corrected chi connectivity index (χ4v) is 5.42. The predicted molar refractivity (Wildman–Crippen MR) is 109 cm³/mol. The molecule has 2 aliphatic rings. The number of nitrogens with one attached hydrogen (secondary N) is 1. The number of nitriles is 1. The molecule has 0 aromatic carbocycles. The first-order valence-corrected chi connectivity index (χ1v) is 11.6. The lowest BCUT2D eigenvalue weighted by Crippen LogP contribution is -2.40. The maximum absolute atomic E-state index is 13.6. The van der Waals surface area contributed by atoms with Gasteiger partial charge in [-0.25, -0.2) is 18.1 Å². The fourth-order valence-electron chi connectivity index (χ4n) is 4.17. The molecule has 5 rings (SSSR count). The second kappa shape index (κ2) is 7.28. The van der Waals surface area contributed by atoms with Crippen LogP contribution >= 0.6 is 0 Å². The number of aromatic nitrogens is 3. The van der Waals surface area contributed by atoms with Crippen LogP contribution in [0.15, 0.2) is 41.6 Å². The summed E-state index contributed by atoms with van der Waals surface area (Å²) in [4.78, 5) is 8.46. The third-order valence-electron chi connectivity index (χ3n) is 6.05. The van der Waals surface area contributed by atoms with Gasteiger partial charge in [-0.05, 0) is 49.9 Å². The van der Waals surface area contributed by atoms with Crippen LogP contribution in [0.25, 0.3) is 22.4 Å². The molecule has 2 fully saturated rings. The van der Waals surface area contributed by atoms with Crippen LogP contribution in [0.5, 0.6) is 0 Å². The van der Waals surface area contributed by atoms with E-state index >= 15 is 0 Å². The molecule has 0 aliphatic heterocycles. The lowest BCUT2D eigenvalue weighted by molar-refractivity contribution is -0.208. The molecule has 0 radical (unpaired) electrons. The molecule has 7 nitrogen and oxygen atoms in total. The van der Waals surface area contributed by atoms with E-state index in [0.717, 1.165) is 12.8 Å². The molecule has 1 N–H and O–H groups in total. The number of hydrogen-bond acceptors (Lipinski definition) is 5. The van der Waals surface area contributed by atoms with Gasteiger partial charge >= 0.3 is 6.18 Å². The van der Waals surface area contributed by atoms with Gasteiger partial charge < -0.3 is 4.57 Å². The van der Waals surface area contributed by atoms with Crippen molar-refractivity contribution >= 4 is 21.1 Å². The van der Waals surface area contributed by atoms with Crippen molar-refractivity contribution < 1.29 is 21.6 Å². The van der Waals surface area contributed by atoms with Crippen LogP contribution in [0.1, 0.15) is 37.3 Å². The minimum Gasteiger partial charge on any atom is -0.319 e. The first-order valence-electron chi connectivity index (χ1n) is 10.1. The molecule has 0 spiro atoms. The summed E-state index contributed by atoms with van der Waals surface area (Å²) >= 11 is 0. The number of halogens is 3. The van der Waals surface area contributed by atoms with E-state index in [1.165, 1.54) is 29.1 Å². The summed E-state index contributed by atoms with van der Waals surface area (Å²) in [7, 11) is -3.73. The number of rotatable bonds is 5. The maximum atomic E-state index is 13.6. The summed E-state index contributed by atoms with van der Waals surface area (Å²) in [5.74, 6) is -1.55. The van der Waals surface area contributed by atoms with Crippen molar-refractivity contribution in [1.29, 1.82) is 5.26 Å². The minimum absolute atomic E-state index is 0.000549. The smallest absolute Gasteiger partial charge is 0.319 e. The highest BCUT2D eigenvalue weighted by Crippen LogP contribution is 2.51. The Morgan fingerprint density at radius 2 is 1.91 bits per heavy atom. The molecule has 3 heterocycles. The molecule has 166 valence electrons. The van der Waals surface area contributed by atoms with Crippen molar-refractivity contribution in [3.05, 3.63) is 42.2 Å². The summed E-state index contributed by atoms with van der Waals surface area (Å²) < 4.78 is 69.6. The lowest BCUT2D eigenvalue weighted by Gasteiger charge is -2.39. The number of pyridine rings is 2. The van der Waals surface area contributed by atoms with Gasteiger partial charge in [-0.3, -0.25) is 4.98 Å². The molecule has 3 aromatic rings. The number of sulfonamides is 1. The van der Waals surface area contributed by atoms with Crippen molar-refractivity contribution in [3.63, 3.8) is 0 Å². The Bertz CT molecular complexity index is 1340. The second-order valence-corrected chi connectivity index (χ2v) is 9.86. The van der Waals surface area contributed by atoms with Crippen LogP contribution < -0.4 is 4.72 Å². The Hall–Kier alpha value is -2.97. The zero-order valence-corrected chi connectivity index (χ0v) is 17.5. The van der Waals surface area contributed by atoms with Gasteiger partial charge in [0.1, 0.15) is 16.6 Å². The Morgan fingerprint density at radius 3 is 2.47 bits per heavy atom. The SMILES string of the molecule is N#Cc1c(-c2ccc(S(=O)(=O)NC3CC3)cn2)n(C2CCC2C(F)(F)F)c2ncccc12. The zero-order chi connectivity index (χ0) is 22.7. The fraction of sp³-hybridized carbons (Fsp3) is 0.381. The largest absolute Gasteiger partial charge is 0.393 e. The van der Waals surface area contributed by atoms with Gasteiger partial charge in [0.2, 0.25) is 10.0 Å². The summed E-state index contributed by atoms with van der Waals surface area (Å²) in [5, 5.41) is 10.3. The standard InChI is InChI=1S/C21H18F3N5O2S/c22-21(23,24)16-6-8-18(16)29-19(15(10-25)14-2-1-9-26-20(14)29)17-7-5-13(11-27-17)32(30,31)28-12-3-4-12/h1-2,5,7,9,11-12,16,18,28H,3-4,6,8H2. The van der Waals surface area contributed by atoms with Crippen LogP contribution in [-0.2, 0) is 10.0 Å². The van der Waals surface area contributed by atoms with Crippen LogP contribution in [0.2, 0.25) is 0 Å². The average molecular weight is 461 g/mol. The molecule has 0 saturated heterocycles. The van der Waals surface area contributed by atoms with E-state index in [1.54, 1.807) is 12.1 Å². The van der Waals surface area contributed by atoms with E-state index in [9.17, 15) is 26.9 Å². The normalized spacial score (nSPS) is 21.3. The van der Waals surface area contributed by atoms with Gasteiger partial charge in [0.15, 0.2) is 0 Å². The molecule has 0 bridgehead atoms. The number of nitrogens with zero attached hydrogens (tertiary/aromatic N) is 4. The van der Waals surface area contributed by atoms with Crippen LogP contribution in [-0.4, -0.2) is 35.2 Å². The first kappa shape index (κ1) is 20.9. The van der Waals surface area contributed by atoms with Crippen LogP contribution in [0, 0.1) is 17.2 Å². The van der Waals surface area contributed by atoms with Gasteiger partial charge in [-0.1, -0.05) is 0 Å². The predicted octanol–water partition coefficient (Wildman–Crippen LogP) is 3.92. The molecule has 32 heavy (non-hydrogen) atoms. The van der Waals surface area contributed by atoms with Gasteiger partial charge in [-0.2, -0.15) is 18.4 Å². The van der Waals surface area contributed by atoms with Gasteiger partial charge in [0.05, 0.1) is 22.9 Å². The minimum atomic E-state index is -4.38. The number of hydrogen-bond donors (Lipinski definition) is 1. The third kappa shape index (κ3) is 3.43. The highest BCUT2D eigenvalue weighted by Gasteiger charge is 2.51. The Labute approximate surface area is 182 Å². The van der Waals surface area contributed by atoms with E-state index in [2.05, 4.69) is 20.8 Å². The van der Waals surface area contributed by atoms with Crippen molar-refractivity contribution in [2.75, 3.05) is 0 Å². The van der Waals surface area contributed by atoms with E-state index in [1.807, 2.05) is 0 Å². The second-order valence-electron chi connectivity index (χ2n) is 8.15. The number of alkyl halides is 3. The first-order chi connectivity index (χ1) is 15.2. The molecule has 3 aromatic heterocycles. The van der Waals surface area contributed by atoms with Crippen molar-refractivity contribution in [2.45, 2.75) is 48.8 Å². The quantitative estimate of drug-likeness (QED) is 0.621. The monoisotopic (exact) mass is 461 g/mol. The van der Waals surface area contributed by atoms with E-state index in [4.69, 9.17) is 0 Å². The van der Waals surface area contributed by atoms with Crippen molar-refractivity contribution in [3.8, 4) is 17.5 Å². The summed E-state index contributed by atoms with van der Waals surface area (Å²) in [6.45, 7) is 0. The Morgan fingerprint density at radius 1 is 1.12 bits per heavy atom. The molecule has 2 unspecified atom stereocenters. The zero-order valence-electron chi connectivity index (χ0n) is 16.7. The van der Waals surface area contributed by atoms with Gasteiger partial charge in [0, 0.05) is 29.9 Å². The molecular formula is C21H18F3N5O2S. The van der Waals surface area contributed by atoms with E-state index in [0.29, 0.717) is 11.8 Å². The van der Waals surface area contributed by atoms with Gasteiger partial charge in [-0.15, -0.1) is 0 Å². The summed E-state index contributed by atoms with van der Waals surface area (Å²) in [6.07, 6.45) is 0.116. The number of fused-ring (bicyclic) bond motifs is 1. The van der Waals surface area contributed by atoms with Crippen molar-refractivity contribution in [2.24, 2.45) is 5.92 Å². The third-order valence-corrected chi connectivity index (χ3v) is 7.56. The van der Waals surface area contributed by atoms with Crippen molar-refractivity contribution in [1.82, 2.24) is 19.3 Å². The molecular weight excluding hydrogens is 443 g/mol. The molecule has 11 heteroatoms. The average Bonchev–Trinajstić information content (AvgIpc) is 3.46. The van der Waals surface area contributed by atoms with E-state index < -0.39 is 28.2 Å². The Balaban J connectivity index is 1.65. The molecule has 0 amide bonds. The molecule has 2 aliphatic carbocycles. The Kier molecular flexibility index (Phi) is 4.76. The van der Waals surface area contributed by atoms with Crippen LogP contribution in [0.3, 0.4) is 0 Å². The summed E-state index contributed by atoms with van der Waals surface area (Å²) in [5.41, 5.74) is 0.893. The van der Waals surface area contributed by atoms with E-state index in [-0.39, 0.29) is 40.0 Å². The summed E-state index contributed by atoms with van der Waals surface area (Å²) in [6, 6.07) is 7.13.